The molecule has 1 aromatic rings. The van der Waals surface area contributed by atoms with Crippen LogP contribution in [0.3, 0.4) is 0 Å². The first kappa shape index (κ1) is 11.9. The van der Waals surface area contributed by atoms with E-state index in [4.69, 9.17) is 15.2 Å². The molecule has 0 saturated carbocycles. The van der Waals surface area contributed by atoms with Gasteiger partial charge in [-0.2, -0.15) is 0 Å². The van der Waals surface area contributed by atoms with Crippen molar-refractivity contribution in [2.24, 2.45) is 5.73 Å². The molecule has 0 aromatic heterocycles. The maximum absolute atomic E-state index is 11.0. The van der Waals surface area contributed by atoms with Crippen LogP contribution < -0.4 is 11.1 Å². The molecule has 0 spiro atoms. The third kappa shape index (κ3) is 3.44. The lowest BCUT2D eigenvalue weighted by molar-refractivity contribution is -0.133. The van der Waals surface area contributed by atoms with Crippen molar-refractivity contribution in [2.45, 2.75) is 12.5 Å². The fourth-order valence-corrected chi connectivity index (χ4v) is 1.68. The number of hydrogen-bond donors (Lipinski definition) is 2. The summed E-state index contributed by atoms with van der Waals surface area (Å²) >= 11 is 0. The highest BCUT2D eigenvalue weighted by molar-refractivity contribution is 5.93. The normalized spacial score (nSPS) is 19.9. The lowest BCUT2D eigenvalue weighted by Gasteiger charge is -2.23. The van der Waals surface area contributed by atoms with Crippen molar-refractivity contribution in [3.8, 4) is 0 Å². The SMILES string of the molecule is NC(=O)c1cccc(NCC2CCOCO2)c1. The van der Waals surface area contributed by atoms with Gasteiger partial charge in [0, 0.05) is 17.8 Å². The van der Waals surface area contributed by atoms with E-state index in [1.165, 1.54) is 0 Å². The van der Waals surface area contributed by atoms with Gasteiger partial charge in [-0.25, -0.2) is 0 Å². The van der Waals surface area contributed by atoms with Crippen LogP contribution in [0.2, 0.25) is 0 Å². The van der Waals surface area contributed by atoms with Crippen LogP contribution in [0.4, 0.5) is 5.69 Å². The first-order chi connectivity index (χ1) is 8.25. The Labute approximate surface area is 99.9 Å². The van der Waals surface area contributed by atoms with Crippen LogP contribution in [0.1, 0.15) is 16.8 Å². The smallest absolute Gasteiger partial charge is 0.248 e. The van der Waals surface area contributed by atoms with Crippen molar-refractivity contribution >= 4 is 11.6 Å². The van der Waals surface area contributed by atoms with Gasteiger partial charge in [-0.05, 0) is 24.6 Å². The molecule has 0 bridgehead atoms. The molecule has 5 heteroatoms. The van der Waals surface area contributed by atoms with Gasteiger partial charge in [0.2, 0.25) is 5.91 Å². The van der Waals surface area contributed by atoms with E-state index in [0.29, 0.717) is 18.9 Å². The molecule has 1 unspecified atom stereocenters. The van der Waals surface area contributed by atoms with Gasteiger partial charge in [0.05, 0.1) is 12.7 Å². The second-order valence-corrected chi connectivity index (χ2v) is 3.93. The van der Waals surface area contributed by atoms with Crippen LogP contribution in [0, 0.1) is 0 Å². The van der Waals surface area contributed by atoms with Crippen molar-refractivity contribution in [1.82, 2.24) is 0 Å². The first-order valence-electron chi connectivity index (χ1n) is 5.59. The zero-order valence-electron chi connectivity index (χ0n) is 9.52. The molecule has 1 aliphatic rings. The van der Waals surface area contributed by atoms with E-state index in [0.717, 1.165) is 18.7 Å². The molecule has 5 nitrogen and oxygen atoms in total. The number of carbonyl (C=O) groups excluding carboxylic acids is 1. The summed E-state index contributed by atoms with van der Waals surface area (Å²) in [6.45, 7) is 1.78. The standard InChI is InChI=1S/C12H16N2O3/c13-12(15)9-2-1-3-10(6-9)14-7-11-4-5-16-8-17-11/h1-3,6,11,14H,4-5,7-8H2,(H2,13,15). The molecule has 0 aliphatic carbocycles. The third-order valence-corrected chi connectivity index (χ3v) is 2.65. The van der Waals surface area contributed by atoms with E-state index in [2.05, 4.69) is 5.32 Å². The Morgan fingerprint density at radius 3 is 3.12 bits per heavy atom. The van der Waals surface area contributed by atoms with Gasteiger partial charge in [-0.1, -0.05) is 6.07 Å². The molecule has 3 N–H and O–H groups in total. The largest absolute Gasteiger partial charge is 0.382 e. The van der Waals surface area contributed by atoms with Crippen LogP contribution in [0.25, 0.3) is 0 Å². The van der Waals surface area contributed by atoms with Crippen molar-refractivity contribution < 1.29 is 14.3 Å². The van der Waals surface area contributed by atoms with Crippen LogP contribution in [-0.2, 0) is 9.47 Å². The summed E-state index contributed by atoms with van der Waals surface area (Å²) in [4.78, 5) is 11.0. The summed E-state index contributed by atoms with van der Waals surface area (Å²) in [6, 6.07) is 7.12. The van der Waals surface area contributed by atoms with Crippen molar-refractivity contribution in [2.75, 3.05) is 25.3 Å². The average Bonchev–Trinajstić information content (AvgIpc) is 2.38. The Bertz CT molecular complexity index is 389. The van der Waals surface area contributed by atoms with Crippen molar-refractivity contribution in [1.29, 1.82) is 0 Å². The van der Waals surface area contributed by atoms with Crippen LogP contribution >= 0.6 is 0 Å². The Hall–Kier alpha value is -1.59. The molecular formula is C12H16N2O3. The number of hydrogen-bond acceptors (Lipinski definition) is 4. The van der Waals surface area contributed by atoms with E-state index < -0.39 is 5.91 Å². The Kier molecular flexibility index (Phi) is 3.95. The second-order valence-electron chi connectivity index (χ2n) is 3.93. The molecule has 0 radical (unpaired) electrons. The molecule has 1 aromatic carbocycles. The minimum atomic E-state index is -0.420. The van der Waals surface area contributed by atoms with Gasteiger partial charge >= 0.3 is 0 Å². The Morgan fingerprint density at radius 1 is 1.53 bits per heavy atom. The summed E-state index contributed by atoms with van der Waals surface area (Å²) in [6.07, 6.45) is 1.03. The topological polar surface area (TPSA) is 73.6 Å². The van der Waals surface area contributed by atoms with Crippen LogP contribution in [0.15, 0.2) is 24.3 Å². The maximum Gasteiger partial charge on any atom is 0.248 e. The quantitative estimate of drug-likeness (QED) is 0.816. The van der Waals surface area contributed by atoms with Gasteiger partial charge in [-0.3, -0.25) is 4.79 Å². The molecule has 92 valence electrons. The number of ether oxygens (including phenoxy) is 2. The number of anilines is 1. The molecular weight excluding hydrogens is 220 g/mol. The Balaban J connectivity index is 1.89. The number of nitrogens with two attached hydrogens (primary N) is 1. The fraction of sp³-hybridized carbons (Fsp3) is 0.417. The second kappa shape index (κ2) is 5.65. The van der Waals surface area contributed by atoms with Gasteiger partial charge < -0.3 is 20.5 Å². The zero-order valence-corrected chi connectivity index (χ0v) is 9.52. The highest BCUT2D eigenvalue weighted by Crippen LogP contribution is 2.12. The Morgan fingerprint density at radius 2 is 2.41 bits per heavy atom. The first-order valence-corrected chi connectivity index (χ1v) is 5.59. The number of carbonyl (C=O) groups is 1. The summed E-state index contributed by atoms with van der Waals surface area (Å²) in [7, 11) is 0. The predicted molar refractivity (Wildman–Crippen MR) is 63.8 cm³/mol. The molecule has 1 amide bonds. The van der Waals surface area contributed by atoms with E-state index in [1.54, 1.807) is 18.2 Å². The monoisotopic (exact) mass is 236 g/mol. The van der Waals surface area contributed by atoms with Gasteiger partial charge in [0.25, 0.3) is 0 Å². The molecule has 1 saturated heterocycles. The molecule has 1 fully saturated rings. The van der Waals surface area contributed by atoms with Gasteiger partial charge in [0.1, 0.15) is 6.79 Å². The minimum Gasteiger partial charge on any atom is -0.382 e. The highest BCUT2D eigenvalue weighted by atomic mass is 16.7. The highest BCUT2D eigenvalue weighted by Gasteiger charge is 2.13. The van der Waals surface area contributed by atoms with E-state index in [1.807, 2.05) is 6.07 Å². The molecule has 1 atom stereocenters. The van der Waals surface area contributed by atoms with E-state index in [-0.39, 0.29) is 6.10 Å². The van der Waals surface area contributed by atoms with Crippen molar-refractivity contribution in [3.63, 3.8) is 0 Å². The maximum atomic E-state index is 11.0. The summed E-state index contributed by atoms with van der Waals surface area (Å²) in [5.41, 5.74) is 6.59. The summed E-state index contributed by atoms with van der Waals surface area (Å²) in [5, 5.41) is 3.22. The summed E-state index contributed by atoms with van der Waals surface area (Å²) in [5.74, 6) is -0.420. The number of primary amides is 1. The van der Waals surface area contributed by atoms with E-state index in [9.17, 15) is 4.79 Å². The lowest BCUT2D eigenvalue weighted by Crippen LogP contribution is -2.30. The van der Waals surface area contributed by atoms with Gasteiger partial charge in [-0.15, -0.1) is 0 Å². The predicted octanol–water partition coefficient (Wildman–Crippen LogP) is 0.960. The summed E-state index contributed by atoms with van der Waals surface area (Å²) < 4.78 is 10.5. The third-order valence-electron chi connectivity index (χ3n) is 2.65. The molecule has 2 rings (SSSR count). The molecule has 17 heavy (non-hydrogen) atoms. The van der Waals surface area contributed by atoms with Crippen LogP contribution in [0.5, 0.6) is 0 Å². The molecule has 1 aliphatic heterocycles. The van der Waals surface area contributed by atoms with E-state index >= 15 is 0 Å². The number of amides is 1. The molecule has 1 heterocycles. The lowest BCUT2D eigenvalue weighted by atomic mass is 10.2. The van der Waals surface area contributed by atoms with Crippen molar-refractivity contribution in [3.05, 3.63) is 29.8 Å². The zero-order chi connectivity index (χ0) is 12.1. The van der Waals surface area contributed by atoms with Crippen LogP contribution in [-0.4, -0.2) is 32.0 Å². The fourth-order valence-electron chi connectivity index (χ4n) is 1.68. The average molecular weight is 236 g/mol. The number of rotatable bonds is 4. The number of nitrogens with one attached hydrogen (secondary N) is 1. The minimum absolute atomic E-state index is 0.154. The van der Waals surface area contributed by atoms with Gasteiger partial charge in [0.15, 0.2) is 0 Å². The number of benzene rings is 1.